The minimum absolute atomic E-state index is 0.0819. The molecule has 0 saturated heterocycles. The van der Waals surface area contributed by atoms with E-state index in [2.05, 4.69) is 0 Å². The number of aliphatic carboxylic acids is 2. The number of anilines is 1. The average molecular weight is 484 g/mol. The second kappa shape index (κ2) is 8.99. The van der Waals surface area contributed by atoms with Gasteiger partial charge in [0.2, 0.25) is 6.10 Å². The molecule has 0 saturated carbocycles. The maximum Gasteiger partial charge on any atom is 0.490 e. The van der Waals surface area contributed by atoms with Crippen molar-refractivity contribution in [2.75, 3.05) is 5.73 Å². The molecule has 32 heavy (non-hydrogen) atoms. The molecule has 0 spiro atoms. The minimum Gasteiger partial charge on any atom is -0.478 e. The SMILES string of the molecule is Nc1ccc(-c2cc(Cl)cc3c2OC(C(F)(F)F)C(C(=O)O)=C3)cc1.O=C(O)C(F)(F)F. The molecule has 1 aliphatic heterocycles. The molecule has 1 aliphatic rings. The Morgan fingerprint density at radius 1 is 1.00 bits per heavy atom. The molecule has 2 aromatic carbocycles. The molecule has 1 atom stereocenters. The summed E-state index contributed by atoms with van der Waals surface area (Å²) in [7, 11) is 0. The van der Waals surface area contributed by atoms with E-state index in [-0.39, 0.29) is 16.3 Å². The van der Waals surface area contributed by atoms with Crippen molar-refractivity contribution in [3.05, 3.63) is 52.6 Å². The van der Waals surface area contributed by atoms with E-state index in [4.69, 9.17) is 37.1 Å². The molecule has 0 aromatic heterocycles. The van der Waals surface area contributed by atoms with Crippen LogP contribution in [0.2, 0.25) is 5.02 Å². The second-order valence-electron chi connectivity index (χ2n) is 6.24. The number of nitrogens with two attached hydrogens (primary N) is 1. The molecule has 0 bridgehead atoms. The van der Waals surface area contributed by atoms with Gasteiger partial charge >= 0.3 is 24.3 Å². The molecule has 3 rings (SSSR count). The van der Waals surface area contributed by atoms with Crippen molar-refractivity contribution in [1.29, 1.82) is 0 Å². The van der Waals surface area contributed by atoms with E-state index in [0.717, 1.165) is 6.08 Å². The number of benzene rings is 2. The number of nitrogen functional groups attached to an aromatic ring is 1. The van der Waals surface area contributed by atoms with E-state index < -0.39 is 36.0 Å². The molecule has 6 nitrogen and oxygen atoms in total. The van der Waals surface area contributed by atoms with Crippen LogP contribution in [-0.4, -0.2) is 40.6 Å². The van der Waals surface area contributed by atoms with Crippen LogP contribution in [0.25, 0.3) is 17.2 Å². The van der Waals surface area contributed by atoms with Gasteiger partial charge in [-0.05, 0) is 35.9 Å². The number of hydrogen-bond donors (Lipinski definition) is 3. The van der Waals surface area contributed by atoms with Crippen molar-refractivity contribution < 1.29 is 50.9 Å². The molecule has 0 aliphatic carbocycles. The Kier molecular flexibility index (Phi) is 6.98. The van der Waals surface area contributed by atoms with Gasteiger partial charge in [-0.15, -0.1) is 0 Å². The number of halogens is 7. The number of alkyl halides is 6. The molecule has 1 unspecified atom stereocenters. The van der Waals surface area contributed by atoms with Crippen LogP contribution < -0.4 is 10.5 Å². The fourth-order valence-electron chi connectivity index (χ4n) is 2.57. The largest absolute Gasteiger partial charge is 0.490 e. The molecule has 0 amide bonds. The summed E-state index contributed by atoms with van der Waals surface area (Å²) in [6.07, 6.45) is -11.6. The van der Waals surface area contributed by atoms with Crippen LogP contribution in [0.15, 0.2) is 42.0 Å². The average Bonchev–Trinajstić information content (AvgIpc) is 2.66. The van der Waals surface area contributed by atoms with Crippen molar-refractivity contribution in [3.8, 4) is 16.9 Å². The van der Waals surface area contributed by atoms with Crippen LogP contribution in [0.5, 0.6) is 5.75 Å². The van der Waals surface area contributed by atoms with Gasteiger partial charge in [-0.3, -0.25) is 0 Å². The van der Waals surface area contributed by atoms with Crippen molar-refractivity contribution >= 4 is 35.3 Å². The molecule has 13 heteroatoms. The van der Waals surface area contributed by atoms with E-state index in [1.807, 2.05) is 0 Å². The monoisotopic (exact) mass is 483 g/mol. The quantitative estimate of drug-likeness (QED) is 0.409. The highest BCUT2D eigenvalue weighted by Crippen LogP contribution is 2.44. The van der Waals surface area contributed by atoms with Gasteiger partial charge in [0.05, 0.1) is 5.57 Å². The van der Waals surface area contributed by atoms with Crippen LogP contribution in [-0.2, 0) is 9.59 Å². The van der Waals surface area contributed by atoms with Gasteiger partial charge in [-0.2, -0.15) is 26.3 Å². The topological polar surface area (TPSA) is 110 Å². The molecule has 2 aromatic rings. The molecule has 0 radical (unpaired) electrons. The van der Waals surface area contributed by atoms with Crippen molar-refractivity contribution in [1.82, 2.24) is 0 Å². The highest BCUT2D eigenvalue weighted by Gasteiger charge is 2.48. The van der Waals surface area contributed by atoms with Gasteiger partial charge in [0.15, 0.2) is 0 Å². The first-order valence-electron chi connectivity index (χ1n) is 8.29. The number of ether oxygens (including phenoxy) is 1. The lowest BCUT2D eigenvalue weighted by Crippen LogP contribution is -2.40. The Morgan fingerprint density at radius 2 is 1.53 bits per heavy atom. The maximum atomic E-state index is 13.2. The Morgan fingerprint density at radius 3 is 1.97 bits per heavy atom. The highest BCUT2D eigenvalue weighted by atomic mass is 35.5. The summed E-state index contributed by atoms with van der Waals surface area (Å²) in [6, 6.07) is 9.22. The maximum absolute atomic E-state index is 13.2. The Labute approximate surface area is 180 Å². The molecule has 4 N–H and O–H groups in total. The predicted octanol–water partition coefficient (Wildman–Crippen LogP) is 5.01. The van der Waals surface area contributed by atoms with E-state index in [0.29, 0.717) is 16.8 Å². The van der Waals surface area contributed by atoms with Crippen LogP contribution in [0.4, 0.5) is 32.0 Å². The summed E-state index contributed by atoms with van der Waals surface area (Å²) in [4.78, 5) is 20.1. The number of carbonyl (C=O) groups is 2. The highest BCUT2D eigenvalue weighted by molar-refractivity contribution is 6.31. The first-order chi connectivity index (χ1) is 14.6. The third-order valence-corrected chi connectivity index (χ3v) is 4.14. The summed E-state index contributed by atoms with van der Waals surface area (Å²) >= 11 is 6.04. The lowest BCUT2D eigenvalue weighted by molar-refractivity contribution is -0.192. The molecule has 0 fully saturated rings. The lowest BCUT2D eigenvalue weighted by atomic mass is 9.95. The normalized spacial score (nSPS) is 15.5. The smallest absolute Gasteiger partial charge is 0.478 e. The van der Waals surface area contributed by atoms with Gasteiger partial charge in [-0.25, -0.2) is 9.59 Å². The molecular weight excluding hydrogens is 472 g/mol. The zero-order valence-electron chi connectivity index (χ0n) is 15.5. The van der Waals surface area contributed by atoms with Crippen LogP contribution in [0, 0.1) is 0 Å². The summed E-state index contributed by atoms with van der Waals surface area (Å²) < 4.78 is 76.5. The van der Waals surface area contributed by atoms with Crippen molar-refractivity contribution in [3.63, 3.8) is 0 Å². The third-order valence-electron chi connectivity index (χ3n) is 3.92. The summed E-state index contributed by atoms with van der Waals surface area (Å²) in [5.74, 6) is -4.55. The van der Waals surface area contributed by atoms with E-state index in [9.17, 15) is 31.1 Å². The van der Waals surface area contributed by atoms with Gasteiger partial charge in [0.1, 0.15) is 5.75 Å². The zero-order valence-corrected chi connectivity index (χ0v) is 16.2. The molecule has 1 heterocycles. The number of fused-ring (bicyclic) bond motifs is 1. The predicted molar refractivity (Wildman–Crippen MR) is 101 cm³/mol. The standard InChI is InChI=1S/C17H11ClF3NO3.C2HF3O2/c18-10-5-9-6-13(16(23)24)15(17(19,20)21)25-14(9)12(7-10)8-1-3-11(22)4-2-8;3-2(4,5)1(6)7/h1-7,15H,22H2,(H,23,24);(H,6,7). The fraction of sp³-hybridized carbons (Fsp3) is 0.158. The number of carboxylic acids is 2. The van der Waals surface area contributed by atoms with Crippen LogP contribution in [0.3, 0.4) is 0 Å². The van der Waals surface area contributed by atoms with E-state index in [1.54, 1.807) is 24.3 Å². The summed E-state index contributed by atoms with van der Waals surface area (Å²) in [5, 5.41) is 16.5. The van der Waals surface area contributed by atoms with Crippen molar-refractivity contribution in [2.24, 2.45) is 0 Å². The number of hydrogen-bond acceptors (Lipinski definition) is 4. The zero-order chi connectivity index (χ0) is 24.4. The van der Waals surface area contributed by atoms with Gasteiger partial charge in [0.25, 0.3) is 0 Å². The summed E-state index contributed by atoms with van der Waals surface area (Å²) in [5.41, 5.74) is 6.24. The van der Waals surface area contributed by atoms with E-state index in [1.165, 1.54) is 12.1 Å². The molecular formula is C19H12ClF6NO5. The van der Waals surface area contributed by atoms with E-state index >= 15 is 0 Å². The summed E-state index contributed by atoms with van der Waals surface area (Å²) in [6.45, 7) is 0. The number of rotatable bonds is 2. The van der Waals surface area contributed by atoms with Gasteiger partial charge in [0, 0.05) is 21.8 Å². The van der Waals surface area contributed by atoms with Crippen molar-refractivity contribution in [2.45, 2.75) is 18.5 Å². The van der Waals surface area contributed by atoms with Crippen LogP contribution in [0.1, 0.15) is 5.56 Å². The van der Waals surface area contributed by atoms with Gasteiger partial charge in [-0.1, -0.05) is 23.7 Å². The lowest BCUT2D eigenvalue weighted by Gasteiger charge is -2.28. The number of carboxylic acid groups (broad SMARTS) is 2. The first-order valence-corrected chi connectivity index (χ1v) is 8.67. The third kappa shape index (κ3) is 5.84. The van der Waals surface area contributed by atoms with Crippen LogP contribution >= 0.6 is 11.6 Å². The Hall–Kier alpha value is -3.41. The fourth-order valence-corrected chi connectivity index (χ4v) is 2.80. The molecule has 172 valence electrons. The second-order valence-corrected chi connectivity index (χ2v) is 6.68. The van der Waals surface area contributed by atoms with Gasteiger partial charge < -0.3 is 20.7 Å². The Bertz CT molecular complexity index is 1060. The first kappa shape index (κ1) is 24.9. The Balaban J connectivity index is 0.000000451. The minimum atomic E-state index is -5.08.